The number of amides is 2. The summed E-state index contributed by atoms with van der Waals surface area (Å²) in [5, 5.41) is 3.53. The van der Waals surface area contributed by atoms with Crippen molar-refractivity contribution in [1.29, 1.82) is 0 Å². The molecule has 1 unspecified atom stereocenters. The summed E-state index contributed by atoms with van der Waals surface area (Å²) in [4.78, 5) is 27.9. The molecule has 186 valence electrons. The van der Waals surface area contributed by atoms with Crippen LogP contribution in [0.25, 0.3) is 0 Å². The van der Waals surface area contributed by atoms with Gasteiger partial charge in [0.05, 0.1) is 22.0 Å². The van der Waals surface area contributed by atoms with Crippen LogP contribution >= 0.6 is 34.8 Å². The second kappa shape index (κ2) is 12.1. The number of benzene rings is 2. The van der Waals surface area contributed by atoms with Crippen LogP contribution in [0.1, 0.15) is 32.8 Å². The predicted molar refractivity (Wildman–Crippen MR) is 138 cm³/mol. The van der Waals surface area contributed by atoms with E-state index < -0.39 is 28.5 Å². The van der Waals surface area contributed by atoms with Crippen molar-refractivity contribution in [2.45, 2.75) is 45.8 Å². The third-order valence-electron chi connectivity index (χ3n) is 4.96. The van der Waals surface area contributed by atoms with Crippen LogP contribution in [0, 0.1) is 0 Å². The lowest BCUT2D eigenvalue weighted by Crippen LogP contribution is -2.53. The molecule has 0 spiro atoms. The van der Waals surface area contributed by atoms with E-state index in [9.17, 15) is 18.0 Å². The van der Waals surface area contributed by atoms with Gasteiger partial charge in [-0.25, -0.2) is 8.42 Å². The largest absolute Gasteiger partial charge is 0.352 e. The van der Waals surface area contributed by atoms with Crippen LogP contribution in [0.15, 0.2) is 42.5 Å². The quantitative estimate of drug-likeness (QED) is 0.464. The molecule has 0 saturated heterocycles. The van der Waals surface area contributed by atoms with Crippen molar-refractivity contribution in [2.24, 2.45) is 0 Å². The minimum absolute atomic E-state index is 0.0104. The van der Waals surface area contributed by atoms with E-state index in [0.717, 1.165) is 16.1 Å². The second-order valence-electron chi connectivity index (χ2n) is 8.08. The zero-order chi connectivity index (χ0) is 25.6. The maximum Gasteiger partial charge on any atom is 0.244 e. The summed E-state index contributed by atoms with van der Waals surface area (Å²) in [5.74, 6) is -0.895. The Morgan fingerprint density at radius 2 is 1.65 bits per heavy atom. The van der Waals surface area contributed by atoms with Crippen molar-refractivity contribution < 1.29 is 18.0 Å². The molecule has 2 aromatic carbocycles. The standard InChI is InChI=1S/C23H28Cl3N3O4S/c1-5-19(23(31)27-15(2)3)28(13-16-9-11-17(24)12-10-16)21(30)14-29(34(4,32)33)20-8-6-7-18(25)22(20)26/h6-12,15,19H,5,13-14H2,1-4H3,(H,27,31). The summed E-state index contributed by atoms with van der Waals surface area (Å²) in [6.45, 7) is 4.96. The van der Waals surface area contributed by atoms with Gasteiger partial charge in [-0.3, -0.25) is 13.9 Å². The average Bonchev–Trinajstić information content (AvgIpc) is 2.74. The Morgan fingerprint density at radius 1 is 1.03 bits per heavy atom. The number of halogens is 3. The Bertz CT molecular complexity index is 1120. The SMILES string of the molecule is CCC(C(=O)NC(C)C)N(Cc1ccc(Cl)cc1)C(=O)CN(c1cccc(Cl)c1Cl)S(C)(=O)=O. The summed E-state index contributed by atoms with van der Waals surface area (Å²) < 4.78 is 26.1. The number of carbonyl (C=O) groups excluding carboxylic acids is 2. The van der Waals surface area contributed by atoms with Crippen LogP contribution in [0.4, 0.5) is 5.69 Å². The maximum absolute atomic E-state index is 13.6. The molecule has 34 heavy (non-hydrogen) atoms. The van der Waals surface area contributed by atoms with Crippen molar-refractivity contribution >= 4 is 62.3 Å². The molecule has 0 bridgehead atoms. The second-order valence-corrected chi connectivity index (χ2v) is 11.2. The highest BCUT2D eigenvalue weighted by Gasteiger charge is 2.32. The Kier molecular flexibility index (Phi) is 10.1. The van der Waals surface area contributed by atoms with E-state index in [1.807, 2.05) is 13.8 Å². The average molecular weight is 549 g/mol. The lowest BCUT2D eigenvalue weighted by Gasteiger charge is -2.33. The molecule has 2 amide bonds. The lowest BCUT2D eigenvalue weighted by molar-refractivity contribution is -0.140. The van der Waals surface area contributed by atoms with E-state index in [-0.39, 0.29) is 34.2 Å². The number of rotatable bonds is 10. The summed E-state index contributed by atoms with van der Waals surface area (Å²) in [6.07, 6.45) is 1.30. The van der Waals surface area contributed by atoms with E-state index in [1.165, 1.54) is 17.0 Å². The minimum Gasteiger partial charge on any atom is -0.352 e. The van der Waals surface area contributed by atoms with Crippen LogP contribution in [-0.4, -0.2) is 50.0 Å². The Balaban J connectivity index is 2.48. The molecule has 1 atom stereocenters. The number of nitrogens with one attached hydrogen (secondary N) is 1. The smallest absolute Gasteiger partial charge is 0.244 e. The fourth-order valence-corrected chi connectivity index (χ4v) is 4.79. The monoisotopic (exact) mass is 547 g/mol. The molecule has 2 aromatic rings. The molecule has 0 heterocycles. The number of hydrogen-bond donors (Lipinski definition) is 1. The number of hydrogen-bond acceptors (Lipinski definition) is 4. The van der Waals surface area contributed by atoms with Gasteiger partial charge in [0, 0.05) is 17.6 Å². The topological polar surface area (TPSA) is 86.8 Å². The summed E-state index contributed by atoms with van der Waals surface area (Å²) in [5.41, 5.74) is 0.816. The van der Waals surface area contributed by atoms with E-state index in [2.05, 4.69) is 5.32 Å². The van der Waals surface area contributed by atoms with Crippen LogP contribution in [0.3, 0.4) is 0 Å². The molecule has 0 aliphatic carbocycles. The first-order valence-corrected chi connectivity index (χ1v) is 13.6. The van der Waals surface area contributed by atoms with Gasteiger partial charge < -0.3 is 10.2 Å². The number of nitrogens with zero attached hydrogens (tertiary/aromatic N) is 2. The number of anilines is 1. The normalized spacial score (nSPS) is 12.4. The van der Waals surface area contributed by atoms with Crippen LogP contribution in [0.5, 0.6) is 0 Å². The van der Waals surface area contributed by atoms with Gasteiger partial charge >= 0.3 is 0 Å². The van der Waals surface area contributed by atoms with Crippen LogP contribution in [0.2, 0.25) is 15.1 Å². The molecular formula is C23H28Cl3N3O4S. The highest BCUT2D eigenvalue weighted by atomic mass is 35.5. The molecule has 1 N–H and O–H groups in total. The van der Waals surface area contributed by atoms with Crippen molar-refractivity contribution in [3.05, 3.63) is 63.1 Å². The van der Waals surface area contributed by atoms with Gasteiger partial charge in [-0.1, -0.05) is 59.9 Å². The zero-order valence-corrected chi connectivity index (χ0v) is 22.5. The van der Waals surface area contributed by atoms with Gasteiger partial charge in [0.25, 0.3) is 0 Å². The van der Waals surface area contributed by atoms with Crippen LogP contribution < -0.4 is 9.62 Å². The van der Waals surface area contributed by atoms with Gasteiger partial charge in [0.15, 0.2) is 0 Å². The fourth-order valence-electron chi connectivity index (χ4n) is 3.37. The third kappa shape index (κ3) is 7.50. The molecule has 0 aliphatic rings. The number of sulfonamides is 1. The predicted octanol–water partition coefficient (Wildman–Crippen LogP) is 4.74. The Labute approximate surface area is 216 Å². The first-order valence-electron chi connectivity index (χ1n) is 10.6. The maximum atomic E-state index is 13.6. The molecular weight excluding hydrogens is 521 g/mol. The van der Waals surface area contributed by atoms with Crippen molar-refractivity contribution in [3.8, 4) is 0 Å². The van der Waals surface area contributed by atoms with Gasteiger partial charge in [0.2, 0.25) is 21.8 Å². The fraction of sp³-hybridized carbons (Fsp3) is 0.391. The van der Waals surface area contributed by atoms with E-state index in [4.69, 9.17) is 34.8 Å². The Morgan fingerprint density at radius 3 is 2.18 bits per heavy atom. The highest BCUT2D eigenvalue weighted by Crippen LogP contribution is 2.33. The molecule has 11 heteroatoms. The number of carbonyl (C=O) groups is 2. The molecule has 2 rings (SSSR count). The van der Waals surface area contributed by atoms with Crippen LogP contribution in [-0.2, 0) is 26.2 Å². The van der Waals surface area contributed by atoms with Crippen molar-refractivity contribution in [3.63, 3.8) is 0 Å². The first-order chi connectivity index (χ1) is 15.8. The minimum atomic E-state index is -3.91. The molecule has 0 saturated carbocycles. The highest BCUT2D eigenvalue weighted by molar-refractivity contribution is 7.92. The van der Waals surface area contributed by atoms with E-state index in [0.29, 0.717) is 11.4 Å². The molecule has 0 fully saturated rings. The lowest BCUT2D eigenvalue weighted by atomic mass is 10.1. The molecule has 0 radical (unpaired) electrons. The van der Waals surface area contributed by atoms with Gasteiger partial charge in [-0.2, -0.15) is 0 Å². The van der Waals surface area contributed by atoms with Crippen molar-refractivity contribution in [1.82, 2.24) is 10.2 Å². The van der Waals surface area contributed by atoms with E-state index in [1.54, 1.807) is 37.3 Å². The summed E-state index contributed by atoms with van der Waals surface area (Å²) >= 11 is 18.3. The first kappa shape index (κ1) is 28.2. The van der Waals surface area contributed by atoms with Gasteiger partial charge in [-0.15, -0.1) is 0 Å². The van der Waals surface area contributed by atoms with Crippen molar-refractivity contribution in [2.75, 3.05) is 17.1 Å². The van der Waals surface area contributed by atoms with Gasteiger partial charge in [-0.05, 0) is 50.1 Å². The third-order valence-corrected chi connectivity index (χ3v) is 7.15. The zero-order valence-electron chi connectivity index (χ0n) is 19.4. The molecule has 0 aliphatic heterocycles. The summed E-state index contributed by atoms with van der Waals surface area (Å²) in [7, 11) is -3.91. The van der Waals surface area contributed by atoms with E-state index >= 15 is 0 Å². The molecule has 0 aromatic heterocycles. The Hall–Kier alpha value is -2.00. The summed E-state index contributed by atoms with van der Waals surface area (Å²) in [6, 6.07) is 10.4. The molecule has 7 nitrogen and oxygen atoms in total. The van der Waals surface area contributed by atoms with Gasteiger partial charge in [0.1, 0.15) is 12.6 Å².